The van der Waals surface area contributed by atoms with Crippen molar-refractivity contribution >= 4 is 46.1 Å². The Labute approximate surface area is 194 Å². The first-order valence-electron chi connectivity index (χ1n) is 9.98. The van der Waals surface area contributed by atoms with Crippen molar-refractivity contribution in [3.05, 3.63) is 52.8 Å². The van der Waals surface area contributed by atoms with Gasteiger partial charge < -0.3 is 15.5 Å². The Morgan fingerprint density at radius 2 is 2.00 bits per heavy atom. The van der Waals surface area contributed by atoms with E-state index in [9.17, 15) is 22.0 Å². The van der Waals surface area contributed by atoms with Crippen LogP contribution in [0.15, 0.2) is 30.5 Å². The monoisotopic (exact) mass is 502 g/mol. The lowest BCUT2D eigenvalue weighted by molar-refractivity contribution is 0.110. The number of nitrogens with zero attached hydrogens (tertiary/aromatic N) is 4. The van der Waals surface area contributed by atoms with Crippen molar-refractivity contribution in [2.24, 2.45) is 0 Å². The fraction of sp³-hybridized carbons (Fsp3) is 0.350. The highest BCUT2D eigenvalue weighted by atomic mass is 35.5. The van der Waals surface area contributed by atoms with Crippen molar-refractivity contribution in [3.8, 4) is 0 Å². The minimum Gasteiger partial charge on any atom is -0.353 e. The Bertz CT molecular complexity index is 1250. The summed E-state index contributed by atoms with van der Waals surface area (Å²) in [6.45, 7) is -0.0782. The van der Waals surface area contributed by atoms with E-state index < -0.39 is 35.8 Å². The average molecular weight is 503 g/mol. The standard InChI is InChI=1S/C20H16ClF5N6S/c21-17-16(29-19(33)27-14-7-20(14,25)26)18-28-15(3-4-32(18)30-17)31-8-10(23)6-13(31)11-5-9(22)1-2-12(11)24/h1-5,10,13-14H,6-8H2,(H2,27,29,33)/t10-,13+,14?/m0/s1. The van der Waals surface area contributed by atoms with Gasteiger partial charge in [0, 0.05) is 24.6 Å². The molecule has 3 heterocycles. The van der Waals surface area contributed by atoms with Gasteiger partial charge in [-0.2, -0.15) is 5.10 Å². The molecular formula is C20H16ClF5N6S. The quantitative estimate of drug-likeness (QED) is 0.400. The number of nitrogens with one attached hydrogen (secondary N) is 2. The Balaban J connectivity index is 1.46. The Kier molecular flexibility index (Phi) is 5.31. The summed E-state index contributed by atoms with van der Waals surface area (Å²) in [7, 11) is 0. The molecule has 1 saturated heterocycles. The maximum absolute atomic E-state index is 14.4. The third-order valence-electron chi connectivity index (χ3n) is 5.66. The third kappa shape index (κ3) is 4.17. The van der Waals surface area contributed by atoms with Crippen LogP contribution in [0.3, 0.4) is 0 Å². The molecule has 1 unspecified atom stereocenters. The van der Waals surface area contributed by atoms with Gasteiger partial charge in [0.2, 0.25) is 0 Å². The molecule has 174 valence electrons. The van der Waals surface area contributed by atoms with Gasteiger partial charge in [0.15, 0.2) is 15.9 Å². The van der Waals surface area contributed by atoms with Crippen LogP contribution in [0.1, 0.15) is 24.4 Å². The number of rotatable bonds is 4. The van der Waals surface area contributed by atoms with E-state index >= 15 is 0 Å². The summed E-state index contributed by atoms with van der Waals surface area (Å²) in [4.78, 5) is 6.01. The molecular weight excluding hydrogens is 487 g/mol. The summed E-state index contributed by atoms with van der Waals surface area (Å²) < 4.78 is 70.2. The molecule has 33 heavy (non-hydrogen) atoms. The van der Waals surface area contributed by atoms with Crippen molar-refractivity contribution in [2.75, 3.05) is 16.8 Å². The molecule has 2 aliphatic rings. The number of halogens is 6. The number of hydrogen-bond donors (Lipinski definition) is 2. The molecule has 1 aromatic carbocycles. The van der Waals surface area contributed by atoms with Crippen molar-refractivity contribution in [2.45, 2.75) is 37.0 Å². The van der Waals surface area contributed by atoms with Crippen LogP contribution in [-0.2, 0) is 0 Å². The van der Waals surface area contributed by atoms with Crippen molar-refractivity contribution in [3.63, 3.8) is 0 Å². The number of thiocarbonyl (C=S) groups is 1. The van der Waals surface area contributed by atoms with Gasteiger partial charge in [-0.1, -0.05) is 11.6 Å². The Morgan fingerprint density at radius 1 is 1.24 bits per heavy atom. The van der Waals surface area contributed by atoms with Gasteiger partial charge >= 0.3 is 0 Å². The lowest BCUT2D eigenvalue weighted by Crippen LogP contribution is -2.33. The second-order valence-electron chi connectivity index (χ2n) is 8.00. The van der Waals surface area contributed by atoms with Gasteiger partial charge in [-0.25, -0.2) is 31.5 Å². The number of fused-ring (bicyclic) bond motifs is 1. The Morgan fingerprint density at radius 3 is 2.73 bits per heavy atom. The second-order valence-corrected chi connectivity index (χ2v) is 8.77. The molecule has 2 N–H and O–H groups in total. The molecule has 13 heteroatoms. The number of anilines is 2. The molecule has 1 aliphatic carbocycles. The van der Waals surface area contributed by atoms with E-state index in [1.807, 2.05) is 0 Å². The smallest absolute Gasteiger partial charge is 0.270 e. The Hall–Kier alpha value is -2.73. The fourth-order valence-corrected chi connectivity index (χ4v) is 4.40. The normalized spacial score (nSPS) is 23.7. The molecule has 0 bridgehead atoms. The van der Waals surface area contributed by atoms with Crippen LogP contribution in [0.4, 0.5) is 33.5 Å². The molecule has 2 fully saturated rings. The van der Waals surface area contributed by atoms with Gasteiger partial charge in [0.05, 0.1) is 18.6 Å². The van der Waals surface area contributed by atoms with Crippen LogP contribution in [-0.4, -0.2) is 44.4 Å². The molecule has 1 saturated carbocycles. The van der Waals surface area contributed by atoms with Crippen LogP contribution in [0.2, 0.25) is 5.15 Å². The number of alkyl halides is 3. The first-order chi connectivity index (χ1) is 15.6. The largest absolute Gasteiger partial charge is 0.353 e. The van der Waals surface area contributed by atoms with E-state index in [2.05, 4.69) is 20.7 Å². The molecule has 6 nitrogen and oxygen atoms in total. The molecule has 2 aromatic heterocycles. The minimum absolute atomic E-state index is 0.0103. The second kappa shape index (κ2) is 7.94. The first-order valence-corrected chi connectivity index (χ1v) is 10.8. The average Bonchev–Trinajstić information content (AvgIpc) is 3.05. The maximum atomic E-state index is 14.4. The van der Waals surface area contributed by atoms with Crippen LogP contribution in [0, 0.1) is 11.6 Å². The van der Waals surface area contributed by atoms with E-state index in [4.69, 9.17) is 23.8 Å². The number of benzene rings is 1. The fourth-order valence-electron chi connectivity index (χ4n) is 3.94. The highest BCUT2D eigenvalue weighted by Gasteiger charge is 2.57. The van der Waals surface area contributed by atoms with Crippen molar-refractivity contribution in [1.82, 2.24) is 19.9 Å². The summed E-state index contributed by atoms with van der Waals surface area (Å²) in [5, 5.41) is 9.24. The van der Waals surface area contributed by atoms with Gasteiger partial charge in [-0.05, 0) is 36.5 Å². The van der Waals surface area contributed by atoms with Gasteiger partial charge in [0.25, 0.3) is 5.92 Å². The SMILES string of the molecule is Fc1ccc(F)c([C@H]2C[C@H](F)CN2c2ccn3nc(Cl)c(NC(=S)NC4CC4(F)F)c3n2)c1. The predicted molar refractivity (Wildman–Crippen MR) is 117 cm³/mol. The van der Waals surface area contributed by atoms with E-state index in [0.717, 1.165) is 18.2 Å². The molecule has 1 aliphatic heterocycles. The number of aromatic nitrogens is 3. The highest BCUT2D eigenvalue weighted by Crippen LogP contribution is 2.42. The summed E-state index contributed by atoms with van der Waals surface area (Å²) >= 11 is 11.3. The highest BCUT2D eigenvalue weighted by molar-refractivity contribution is 7.80. The zero-order chi connectivity index (χ0) is 23.5. The van der Waals surface area contributed by atoms with Crippen molar-refractivity contribution in [1.29, 1.82) is 0 Å². The zero-order valence-corrected chi connectivity index (χ0v) is 18.3. The van der Waals surface area contributed by atoms with Gasteiger partial charge in [-0.15, -0.1) is 0 Å². The first kappa shape index (κ1) is 22.1. The molecule has 0 amide bonds. The molecule has 5 rings (SSSR count). The van der Waals surface area contributed by atoms with Gasteiger partial charge in [-0.3, -0.25) is 0 Å². The van der Waals surface area contributed by atoms with E-state index in [1.165, 1.54) is 15.6 Å². The zero-order valence-electron chi connectivity index (χ0n) is 16.7. The van der Waals surface area contributed by atoms with E-state index in [0.29, 0.717) is 0 Å². The van der Waals surface area contributed by atoms with Crippen LogP contribution in [0.5, 0.6) is 0 Å². The topological polar surface area (TPSA) is 57.5 Å². The molecule has 3 aromatic rings. The minimum atomic E-state index is -2.82. The summed E-state index contributed by atoms with van der Waals surface area (Å²) in [6, 6.07) is 2.75. The molecule has 0 radical (unpaired) electrons. The lowest BCUT2D eigenvalue weighted by Gasteiger charge is -2.26. The van der Waals surface area contributed by atoms with Crippen LogP contribution < -0.4 is 15.5 Å². The predicted octanol–water partition coefficient (Wildman–Crippen LogP) is 4.64. The summed E-state index contributed by atoms with van der Waals surface area (Å²) in [5.41, 5.74) is 0.395. The third-order valence-corrected chi connectivity index (χ3v) is 6.14. The molecule has 3 atom stereocenters. The van der Waals surface area contributed by atoms with E-state index in [1.54, 1.807) is 6.07 Å². The summed E-state index contributed by atoms with van der Waals surface area (Å²) in [5.74, 6) is -3.82. The number of hydrogen-bond acceptors (Lipinski definition) is 4. The van der Waals surface area contributed by atoms with Crippen LogP contribution in [0.25, 0.3) is 5.65 Å². The lowest BCUT2D eigenvalue weighted by atomic mass is 10.0. The summed E-state index contributed by atoms with van der Waals surface area (Å²) in [6.07, 6.45) is -0.122. The van der Waals surface area contributed by atoms with Crippen molar-refractivity contribution < 1.29 is 22.0 Å². The van der Waals surface area contributed by atoms with E-state index in [-0.39, 0.29) is 52.4 Å². The molecule has 0 spiro atoms. The maximum Gasteiger partial charge on any atom is 0.270 e. The van der Waals surface area contributed by atoms with Crippen LogP contribution >= 0.6 is 23.8 Å². The van der Waals surface area contributed by atoms with Gasteiger partial charge in [0.1, 0.15) is 29.3 Å².